The number of hydrogen-bond acceptors (Lipinski definition) is 4. The summed E-state index contributed by atoms with van der Waals surface area (Å²) in [5, 5.41) is 6.37. The van der Waals surface area contributed by atoms with Gasteiger partial charge in [-0.25, -0.2) is 0 Å². The van der Waals surface area contributed by atoms with Crippen molar-refractivity contribution in [1.29, 1.82) is 0 Å². The molecule has 1 aliphatic heterocycles. The molecule has 1 atom stereocenters. The fraction of sp³-hybridized carbons (Fsp3) is 0.643. The molecule has 2 rings (SSSR count). The molecule has 1 saturated heterocycles. The molecule has 1 N–H and O–H groups in total. The van der Waals surface area contributed by atoms with Crippen LogP contribution in [0.4, 0.5) is 13.2 Å². The molecule has 1 unspecified atom stereocenters. The molecule has 0 bridgehead atoms. The smallest absolute Gasteiger partial charge is 0.361 e. The average molecular weight is 333 g/mol. The van der Waals surface area contributed by atoms with E-state index in [0.717, 1.165) is 5.56 Å². The number of carbonyl (C=O) groups is 2. The van der Waals surface area contributed by atoms with E-state index in [1.54, 1.807) is 13.8 Å². The predicted molar refractivity (Wildman–Crippen MR) is 73.5 cm³/mol. The molecule has 128 valence electrons. The lowest BCUT2D eigenvalue weighted by Crippen LogP contribution is -2.50. The minimum Gasteiger partial charge on any atom is -0.361 e. The number of alkyl halides is 3. The molecule has 1 aromatic rings. The van der Waals surface area contributed by atoms with Crippen LogP contribution in [0.3, 0.4) is 0 Å². The Morgan fingerprint density at radius 3 is 2.65 bits per heavy atom. The Labute approximate surface area is 131 Å². The number of amides is 2. The molecule has 2 amide bonds. The highest BCUT2D eigenvalue weighted by Crippen LogP contribution is 2.25. The molecule has 1 aliphatic rings. The van der Waals surface area contributed by atoms with Crippen molar-refractivity contribution in [2.75, 3.05) is 13.1 Å². The van der Waals surface area contributed by atoms with Crippen molar-refractivity contribution in [1.82, 2.24) is 15.4 Å². The van der Waals surface area contributed by atoms with Crippen LogP contribution in [0.5, 0.6) is 0 Å². The number of nitrogens with zero attached hydrogens (tertiary/aromatic N) is 2. The summed E-state index contributed by atoms with van der Waals surface area (Å²) >= 11 is 0. The second kappa shape index (κ2) is 6.59. The van der Waals surface area contributed by atoms with Crippen molar-refractivity contribution in [2.45, 2.75) is 45.3 Å². The number of nitrogens with one attached hydrogen (secondary N) is 1. The molecular weight excluding hydrogens is 315 g/mol. The maximum absolute atomic E-state index is 12.5. The van der Waals surface area contributed by atoms with E-state index in [1.165, 1.54) is 0 Å². The van der Waals surface area contributed by atoms with E-state index in [2.05, 4.69) is 10.5 Å². The van der Waals surface area contributed by atoms with E-state index >= 15 is 0 Å². The summed E-state index contributed by atoms with van der Waals surface area (Å²) in [4.78, 5) is 24.0. The maximum atomic E-state index is 12.5. The van der Waals surface area contributed by atoms with Crippen LogP contribution in [-0.4, -0.2) is 47.2 Å². The Morgan fingerprint density at radius 2 is 2.09 bits per heavy atom. The highest BCUT2D eigenvalue weighted by Gasteiger charge is 2.47. The monoisotopic (exact) mass is 333 g/mol. The first kappa shape index (κ1) is 17.3. The summed E-state index contributed by atoms with van der Waals surface area (Å²) in [6, 6.07) is -1.06. The van der Waals surface area contributed by atoms with Gasteiger partial charge in [-0.3, -0.25) is 9.59 Å². The van der Waals surface area contributed by atoms with Gasteiger partial charge < -0.3 is 14.7 Å². The third kappa shape index (κ3) is 3.83. The minimum absolute atomic E-state index is 0.0553. The molecule has 9 heteroatoms. The Kier molecular flexibility index (Phi) is 4.96. The Hall–Kier alpha value is -2.06. The van der Waals surface area contributed by atoms with E-state index in [9.17, 15) is 22.8 Å². The summed E-state index contributed by atoms with van der Waals surface area (Å²) < 4.78 is 42.6. The molecule has 0 aliphatic carbocycles. The number of aromatic nitrogens is 1. The summed E-state index contributed by atoms with van der Waals surface area (Å²) in [5.41, 5.74) is 1.58. The van der Waals surface area contributed by atoms with Crippen LogP contribution in [0.2, 0.25) is 0 Å². The van der Waals surface area contributed by atoms with Crippen molar-refractivity contribution in [2.24, 2.45) is 0 Å². The zero-order chi connectivity index (χ0) is 17.2. The number of aryl methyl sites for hydroxylation is 2. The van der Waals surface area contributed by atoms with Gasteiger partial charge >= 0.3 is 12.1 Å². The maximum Gasteiger partial charge on any atom is 0.471 e. The predicted octanol–water partition coefficient (Wildman–Crippen LogP) is 1.50. The summed E-state index contributed by atoms with van der Waals surface area (Å²) in [6.07, 6.45) is -3.88. The zero-order valence-electron chi connectivity index (χ0n) is 12.9. The second-order valence-electron chi connectivity index (χ2n) is 5.50. The van der Waals surface area contributed by atoms with Crippen molar-refractivity contribution >= 4 is 11.8 Å². The topological polar surface area (TPSA) is 75.4 Å². The van der Waals surface area contributed by atoms with Crippen LogP contribution >= 0.6 is 0 Å². The van der Waals surface area contributed by atoms with Crippen LogP contribution in [-0.2, 0) is 16.0 Å². The SMILES string of the molecule is Cc1noc(C)c1CCNC(=O)C1CCCN1C(=O)C(F)(F)F. The second-order valence-corrected chi connectivity index (χ2v) is 5.50. The van der Waals surface area contributed by atoms with Crippen LogP contribution in [0.15, 0.2) is 4.52 Å². The van der Waals surface area contributed by atoms with E-state index in [4.69, 9.17) is 4.52 Å². The molecule has 0 saturated carbocycles. The molecule has 1 aromatic heterocycles. The number of likely N-dealkylation sites (tertiary alicyclic amines) is 1. The van der Waals surface area contributed by atoms with Crippen LogP contribution in [0.1, 0.15) is 29.9 Å². The van der Waals surface area contributed by atoms with Gasteiger partial charge in [-0.2, -0.15) is 13.2 Å². The summed E-state index contributed by atoms with van der Waals surface area (Å²) in [7, 11) is 0. The molecule has 0 spiro atoms. The van der Waals surface area contributed by atoms with E-state index in [1.807, 2.05) is 0 Å². The molecule has 6 nitrogen and oxygen atoms in total. The van der Waals surface area contributed by atoms with Gasteiger partial charge in [-0.15, -0.1) is 0 Å². The van der Waals surface area contributed by atoms with Crippen molar-refractivity contribution in [3.8, 4) is 0 Å². The van der Waals surface area contributed by atoms with Gasteiger partial charge in [-0.05, 0) is 33.1 Å². The van der Waals surface area contributed by atoms with Gasteiger partial charge in [0.2, 0.25) is 5.91 Å². The highest BCUT2D eigenvalue weighted by atomic mass is 19.4. The van der Waals surface area contributed by atoms with E-state index in [-0.39, 0.29) is 19.5 Å². The molecule has 2 heterocycles. The Morgan fingerprint density at radius 1 is 1.39 bits per heavy atom. The van der Waals surface area contributed by atoms with Crippen LogP contribution in [0.25, 0.3) is 0 Å². The Bertz CT molecular complexity index is 578. The number of carbonyl (C=O) groups excluding carboxylic acids is 2. The molecule has 1 fully saturated rings. The average Bonchev–Trinajstić information content (AvgIpc) is 3.06. The molecule has 0 radical (unpaired) electrons. The van der Waals surface area contributed by atoms with Gasteiger partial charge in [0, 0.05) is 18.7 Å². The van der Waals surface area contributed by atoms with Gasteiger partial charge in [0.1, 0.15) is 11.8 Å². The lowest BCUT2D eigenvalue weighted by molar-refractivity contribution is -0.186. The third-order valence-electron chi connectivity index (χ3n) is 3.91. The van der Waals surface area contributed by atoms with Crippen LogP contribution < -0.4 is 5.32 Å². The normalized spacial score (nSPS) is 18.3. The lowest BCUT2D eigenvalue weighted by atomic mass is 10.1. The first-order valence-electron chi connectivity index (χ1n) is 7.29. The quantitative estimate of drug-likeness (QED) is 0.906. The molecule has 0 aromatic carbocycles. The summed E-state index contributed by atoms with van der Waals surface area (Å²) in [5.74, 6) is -1.88. The van der Waals surface area contributed by atoms with Crippen LogP contribution in [0, 0.1) is 13.8 Å². The lowest BCUT2D eigenvalue weighted by Gasteiger charge is -2.24. The number of rotatable bonds is 4. The fourth-order valence-electron chi connectivity index (χ4n) is 2.73. The first-order valence-corrected chi connectivity index (χ1v) is 7.29. The molecule has 23 heavy (non-hydrogen) atoms. The largest absolute Gasteiger partial charge is 0.471 e. The standard InChI is InChI=1S/C14H18F3N3O3/c1-8-10(9(2)23-19-8)5-6-18-12(21)11-4-3-7-20(11)13(22)14(15,16)17/h11H,3-7H2,1-2H3,(H,18,21). The summed E-state index contributed by atoms with van der Waals surface area (Å²) in [6.45, 7) is 3.71. The third-order valence-corrected chi connectivity index (χ3v) is 3.91. The zero-order valence-corrected chi connectivity index (χ0v) is 12.9. The minimum atomic E-state index is -4.96. The number of hydrogen-bond donors (Lipinski definition) is 1. The molecular formula is C14H18F3N3O3. The van der Waals surface area contributed by atoms with E-state index < -0.39 is 24.0 Å². The van der Waals surface area contributed by atoms with E-state index in [0.29, 0.717) is 29.2 Å². The van der Waals surface area contributed by atoms with Crippen molar-refractivity contribution in [3.05, 3.63) is 17.0 Å². The number of halogens is 3. The van der Waals surface area contributed by atoms with Gasteiger partial charge in [0.15, 0.2) is 0 Å². The van der Waals surface area contributed by atoms with Gasteiger partial charge in [0.25, 0.3) is 0 Å². The fourth-order valence-corrected chi connectivity index (χ4v) is 2.73. The highest BCUT2D eigenvalue weighted by molar-refractivity contribution is 5.90. The van der Waals surface area contributed by atoms with Crippen molar-refractivity contribution in [3.63, 3.8) is 0 Å². The van der Waals surface area contributed by atoms with Gasteiger partial charge in [0.05, 0.1) is 5.69 Å². The van der Waals surface area contributed by atoms with Gasteiger partial charge in [-0.1, -0.05) is 5.16 Å². The Balaban J connectivity index is 1.91. The first-order chi connectivity index (χ1) is 10.7. The van der Waals surface area contributed by atoms with Crippen molar-refractivity contribution < 1.29 is 27.3 Å².